The molecule has 0 bridgehead atoms. The normalized spacial score (nSPS) is 11.4. The zero-order valence-corrected chi connectivity index (χ0v) is 18.5. The first kappa shape index (κ1) is 24.0. The van der Waals surface area contributed by atoms with Crippen LogP contribution in [0.1, 0.15) is 5.56 Å². The molecule has 11 heteroatoms. The van der Waals surface area contributed by atoms with E-state index in [1.807, 2.05) is 24.3 Å². The van der Waals surface area contributed by atoms with Crippen molar-refractivity contribution >= 4 is 0 Å². The Kier molecular flexibility index (Phi) is 7.16. The summed E-state index contributed by atoms with van der Waals surface area (Å²) < 4.78 is 58.6. The number of halogens is 3. The van der Waals surface area contributed by atoms with Crippen molar-refractivity contribution in [2.45, 2.75) is 12.9 Å². The minimum Gasteiger partial charge on any atom is -0.491 e. The molecule has 0 amide bonds. The number of pyridine rings is 1. The van der Waals surface area contributed by atoms with Crippen LogP contribution in [-0.4, -0.2) is 41.5 Å². The van der Waals surface area contributed by atoms with Gasteiger partial charge in [-0.15, -0.1) is 23.4 Å². The van der Waals surface area contributed by atoms with Gasteiger partial charge in [0.2, 0.25) is 11.8 Å². The lowest BCUT2D eigenvalue weighted by atomic mass is 10.2. The van der Waals surface area contributed by atoms with Crippen molar-refractivity contribution in [1.29, 1.82) is 0 Å². The van der Waals surface area contributed by atoms with Crippen LogP contribution in [0.25, 0.3) is 22.9 Å². The van der Waals surface area contributed by atoms with Gasteiger partial charge in [0, 0.05) is 24.9 Å². The molecule has 0 aliphatic rings. The van der Waals surface area contributed by atoms with Crippen LogP contribution < -0.4 is 15.0 Å². The third-order valence-electron chi connectivity index (χ3n) is 4.80. The zero-order valence-electron chi connectivity index (χ0n) is 18.5. The number of alkyl halides is 3. The van der Waals surface area contributed by atoms with Crippen molar-refractivity contribution in [3.05, 3.63) is 82.8 Å². The molecule has 0 unspecified atom stereocenters. The van der Waals surface area contributed by atoms with Gasteiger partial charge in [-0.3, -0.25) is 4.79 Å². The van der Waals surface area contributed by atoms with Crippen LogP contribution in [-0.2, 0) is 11.3 Å². The molecule has 0 atom stereocenters. The monoisotopic (exact) mass is 487 g/mol. The van der Waals surface area contributed by atoms with Crippen LogP contribution in [0.15, 0.2) is 76.1 Å². The standard InChI is InChI=1S/C24H20F3N3O5/c1-32-11-12-33-20-4-2-3-16(13-20)14-30-15-18(7-10-21(30)31)23-29-28-22(34-23)17-5-8-19(9-6-17)35-24(25,26)27/h2-10,13,15H,11-12,14H2,1H3. The Balaban J connectivity index is 1.51. The van der Waals surface area contributed by atoms with E-state index in [-0.39, 0.29) is 29.6 Å². The number of methoxy groups -OCH3 is 1. The van der Waals surface area contributed by atoms with Gasteiger partial charge in [-0.05, 0) is 48.0 Å². The second-order valence-corrected chi connectivity index (χ2v) is 7.36. The van der Waals surface area contributed by atoms with Gasteiger partial charge in [0.05, 0.1) is 18.7 Å². The van der Waals surface area contributed by atoms with Gasteiger partial charge in [-0.2, -0.15) is 0 Å². The molecule has 8 nitrogen and oxygen atoms in total. The first-order valence-electron chi connectivity index (χ1n) is 10.4. The maximum Gasteiger partial charge on any atom is 0.573 e. The molecule has 0 radical (unpaired) electrons. The molecule has 0 saturated carbocycles. The molecule has 0 spiro atoms. The van der Waals surface area contributed by atoms with Gasteiger partial charge in [0.15, 0.2) is 0 Å². The van der Waals surface area contributed by atoms with E-state index < -0.39 is 6.36 Å². The van der Waals surface area contributed by atoms with E-state index in [1.54, 1.807) is 19.4 Å². The Morgan fingerprint density at radius 1 is 0.914 bits per heavy atom. The van der Waals surface area contributed by atoms with E-state index in [0.29, 0.717) is 30.1 Å². The second-order valence-electron chi connectivity index (χ2n) is 7.36. The molecule has 4 rings (SSSR count). The van der Waals surface area contributed by atoms with Crippen LogP contribution in [0.5, 0.6) is 11.5 Å². The molecule has 0 N–H and O–H groups in total. The summed E-state index contributed by atoms with van der Waals surface area (Å²) in [7, 11) is 1.59. The number of rotatable bonds is 9. The fourth-order valence-electron chi connectivity index (χ4n) is 3.21. The molecule has 2 heterocycles. The van der Waals surface area contributed by atoms with Crippen molar-refractivity contribution < 1.29 is 31.8 Å². The average Bonchev–Trinajstić information content (AvgIpc) is 3.31. The third-order valence-corrected chi connectivity index (χ3v) is 4.80. The smallest absolute Gasteiger partial charge is 0.491 e. The van der Waals surface area contributed by atoms with Gasteiger partial charge in [0.1, 0.15) is 18.1 Å². The minimum atomic E-state index is -4.78. The van der Waals surface area contributed by atoms with Gasteiger partial charge in [-0.1, -0.05) is 12.1 Å². The predicted octanol–water partition coefficient (Wildman–Crippen LogP) is 4.54. The van der Waals surface area contributed by atoms with Crippen LogP contribution in [0, 0.1) is 0 Å². The SMILES string of the molecule is COCCOc1cccc(Cn2cc(-c3nnc(-c4ccc(OC(F)(F)F)cc4)o3)ccc2=O)c1. The lowest BCUT2D eigenvalue weighted by Gasteiger charge is -2.10. The first-order chi connectivity index (χ1) is 16.8. The number of hydrogen-bond donors (Lipinski definition) is 0. The van der Waals surface area contributed by atoms with Gasteiger partial charge >= 0.3 is 6.36 Å². The zero-order chi connectivity index (χ0) is 24.8. The molecule has 35 heavy (non-hydrogen) atoms. The summed E-state index contributed by atoms with van der Waals surface area (Å²) in [6.07, 6.45) is -3.18. The lowest BCUT2D eigenvalue weighted by molar-refractivity contribution is -0.274. The van der Waals surface area contributed by atoms with E-state index in [1.165, 1.54) is 22.8 Å². The number of aromatic nitrogens is 3. The molecule has 0 aliphatic carbocycles. The summed E-state index contributed by atoms with van der Waals surface area (Å²) in [4.78, 5) is 12.4. The maximum atomic E-state index is 12.4. The largest absolute Gasteiger partial charge is 0.573 e. The fraction of sp³-hybridized carbons (Fsp3) is 0.208. The Morgan fingerprint density at radius 2 is 1.63 bits per heavy atom. The Hall–Kier alpha value is -4.12. The highest BCUT2D eigenvalue weighted by atomic mass is 19.4. The van der Waals surface area contributed by atoms with Gasteiger partial charge in [-0.25, -0.2) is 0 Å². The maximum absolute atomic E-state index is 12.4. The number of benzene rings is 2. The van der Waals surface area contributed by atoms with E-state index in [0.717, 1.165) is 17.7 Å². The quantitative estimate of drug-likeness (QED) is 0.320. The van der Waals surface area contributed by atoms with Crippen molar-refractivity contribution in [2.24, 2.45) is 0 Å². The molecular formula is C24H20F3N3O5. The summed E-state index contributed by atoms with van der Waals surface area (Å²) in [5.74, 6) is 0.566. The summed E-state index contributed by atoms with van der Waals surface area (Å²) in [6, 6.07) is 15.4. The van der Waals surface area contributed by atoms with Crippen LogP contribution in [0.4, 0.5) is 13.2 Å². The second kappa shape index (κ2) is 10.4. The van der Waals surface area contributed by atoms with Crippen LogP contribution in [0.3, 0.4) is 0 Å². The summed E-state index contributed by atoms with van der Waals surface area (Å²) in [5.41, 5.74) is 1.55. The lowest BCUT2D eigenvalue weighted by Crippen LogP contribution is -2.19. The summed E-state index contributed by atoms with van der Waals surface area (Å²) in [5, 5.41) is 7.96. The Bertz CT molecular complexity index is 1330. The topological polar surface area (TPSA) is 88.6 Å². The fourth-order valence-corrected chi connectivity index (χ4v) is 3.21. The van der Waals surface area contributed by atoms with E-state index in [9.17, 15) is 18.0 Å². The van der Waals surface area contributed by atoms with Gasteiger partial charge < -0.3 is 23.2 Å². The van der Waals surface area contributed by atoms with E-state index >= 15 is 0 Å². The molecule has 2 aromatic carbocycles. The highest BCUT2D eigenvalue weighted by Crippen LogP contribution is 2.27. The Morgan fingerprint density at radius 3 is 2.34 bits per heavy atom. The number of hydrogen-bond acceptors (Lipinski definition) is 7. The average molecular weight is 487 g/mol. The summed E-state index contributed by atoms with van der Waals surface area (Å²) >= 11 is 0. The number of nitrogens with zero attached hydrogens (tertiary/aromatic N) is 3. The molecular weight excluding hydrogens is 467 g/mol. The minimum absolute atomic E-state index is 0.109. The van der Waals surface area contributed by atoms with Crippen molar-refractivity contribution in [1.82, 2.24) is 14.8 Å². The van der Waals surface area contributed by atoms with E-state index in [4.69, 9.17) is 13.9 Å². The Labute approximate surface area is 197 Å². The highest BCUT2D eigenvalue weighted by Gasteiger charge is 2.31. The molecule has 182 valence electrons. The molecule has 0 saturated heterocycles. The third kappa shape index (κ3) is 6.48. The van der Waals surface area contributed by atoms with Gasteiger partial charge in [0.25, 0.3) is 5.56 Å². The number of ether oxygens (including phenoxy) is 3. The molecule has 0 fully saturated rings. The first-order valence-corrected chi connectivity index (χ1v) is 10.4. The molecule has 2 aromatic heterocycles. The van der Waals surface area contributed by atoms with Crippen molar-refractivity contribution in [2.75, 3.05) is 20.3 Å². The predicted molar refractivity (Wildman–Crippen MR) is 119 cm³/mol. The van der Waals surface area contributed by atoms with Crippen LogP contribution >= 0.6 is 0 Å². The van der Waals surface area contributed by atoms with Crippen molar-refractivity contribution in [3.63, 3.8) is 0 Å². The summed E-state index contributed by atoms with van der Waals surface area (Å²) in [6.45, 7) is 1.16. The highest BCUT2D eigenvalue weighted by molar-refractivity contribution is 5.58. The molecule has 4 aromatic rings. The van der Waals surface area contributed by atoms with Crippen LogP contribution in [0.2, 0.25) is 0 Å². The van der Waals surface area contributed by atoms with E-state index in [2.05, 4.69) is 14.9 Å². The van der Waals surface area contributed by atoms with Crippen molar-refractivity contribution in [3.8, 4) is 34.4 Å². The molecule has 0 aliphatic heterocycles.